The number of nitrogens with one attached hydrogen (secondary N) is 1. The van der Waals surface area contributed by atoms with Gasteiger partial charge in [-0.25, -0.2) is 4.98 Å². The minimum Gasteiger partial charge on any atom is -0.419 e. The Morgan fingerprint density at radius 3 is 2.67 bits per heavy atom. The van der Waals surface area contributed by atoms with E-state index in [4.69, 9.17) is 16.0 Å². The second kappa shape index (κ2) is 9.95. The molecule has 0 spiro atoms. The van der Waals surface area contributed by atoms with Crippen LogP contribution in [-0.4, -0.2) is 37.0 Å². The number of rotatable bonds is 8. The third kappa shape index (κ3) is 5.28. The molecule has 0 aliphatic rings. The Bertz CT molecular complexity index is 1330. The van der Waals surface area contributed by atoms with Crippen LogP contribution in [0.5, 0.6) is 0 Å². The van der Waals surface area contributed by atoms with Crippen LogP contribution >= 0.6 is 11.6 Å². The Labute approximate surface area is 195 Å². The quantitative estimate of drug-likeness (QED) is 0.414. The molecule has 0 aliphatic carbocycles. The second-order valence-electron chi connectivity index (χ2n) is 7.98. The highest BCUT2D eigenvalue weighted by Gasteiger charge is 2.21. The van der Waals surface area contributed by atoms with Gasteiger partial charge in [-0.1, -0.05) is 35.9 Å². The van der Waals surface area contributed by atoms with Gasteiger partial charge in [0.05, 0.1) is 28.0 Å². The number of H-pyrrole nitrogens is 1. The van der Waals surface area contributed by atoms with Crippen molar-refractivity contribution in [3.05, 3.63) is 75.6 Å². The topological polar surface area (TPSA) is 105 Å². The molecule has 2 heterocycles. The molecule has 1 N–H and O–H groups in total. The molecule has 0 radical (unpaired) electrons. The van der Waals surface area contributed by atoms with E-state index in [1.54, 1.807) is 35.2 Å². The Hall–Kier alpha value is -3.52. The van der Waals surface area contributed by atoms with Crippen LogP contribution in [0.15, 0.2) is 57.7 Å². The van der Waals surface area contributed by atoms with Crippen molar-refractivity contribution < 1.29 is 9.21 Å². The Morgan fingerprint density at radius 2 is 1.88 bits per heavy atom. The first-order valence-electron chi connectivity index (χ1n) is 10.8. The SMILES string of the molecule is CC(C)N(Cc1nnc(-c2ccccc2Cl)o1)C(=O)CCCc1nc2ccccc2c(=O)[nH]1. The number of benzene rings is 2. The maximum Gasteiger partial charge on any atom is 0.258 e. The summed E-state index contributed by atoms with van der Waals surface area (Å²) in [5, 5.41) is 9.23. The molecule has 8 nitrogen and oxygen atoms in total. The Balaban J connectivity index is 1.39. The van der Waals surface area contributed by atoms with Crippen LogP contribution in [0.3, 0.4) is 0 Å². The van der Waals surface area contributed by atoms with E-state index < -0.39 is 0 Å². The van der Waals surface area contributed by atoms with E-state index in [1.807, 2.05) is 32.0 Å². The van der Waals surface area contributed by atoms with Gasteiger partial charge < -0.3 is 14.3 Å². The number of carbonyl (C=O) groups excluding carboxylic acids is 1. The summed E-state index contributed by atoms with van der Waals surface area (Å²) in [5.74, 6) is 1.19. The highest BCUT2D eigenvalue weighted by Crippen LogP contribution is 2.26. The maximum absolute atomic E-state index is 12.9. The molecule has 2 aromatic carbocycles. The van der Waals surface area contributed by atoms with Crippen molar-refractivity contribution in [2.24, 2.45) is 0 Å². The molecule has 0 fully saturated rings. The van der Waals surface area contributed by atoms with Gasteiger partial charge in [0.15, 0.2) is 0 Å². The van der Waals surface area contributed by atoms with Crippen LogP contribution < -0.4 is 5.56 Å². The van der Waals surface area contributed by atoms with Crippen molar-refractivity contribution >= 4 is 28.4 Å². The zero-order valence-electron chi connectivity index (χ0n) is 18.4. The summed E-state index contributed by atoms with van der Waals surface area (Å²) in [4.78, 5) is 34.1. The highest BCUT2D eigenvalue weighted by atomic mass is 35.5. The van der Waals surface area contributed by atoms with E-state index in [2.05, 4.69) is 20.2 Å². The number of hydrogen-bond donors (Lipinski definition) is 1. The first-order chi connectivity index (χ1) is 15.9. The molecular weight excluding hydrogens is 442 g/mol. The number of aromatic amines is 1. The third-order valence-electron chi connectivity index (χ3n) is 5.29. The first kappa shape index (κ1) is 22.7. The molecule has 0 saturated heterocycles. The second-order valence-corrected chi connectivity index (χ2v) is 8.39. The molecule has 9 heteroatoms. The number of carbonyl (C=O) groups is 1. The number of para-hydroxylation sites is 1. The predicted molar refractivity (Wildman–Crippen MR) is 126 cm³/mol. The normalized spacial score (nSPS) is 11.3. The summed E-state index contributed by atoms with van der Waals surface area (Å²) >= 11 is 6.20. The maximum atomic E-state index is 12.9. The summed E-state index contributed by atoms with van der Waals surface area (Å²) < 4.78 is 5.76. The predicted octanol–water partition coefficient (Wildman–Crippen LogP) is 4.39. The zero-order valence-corrected chi connectivity index (χ0v) is 19.2. The summed E-state index contributed by atoms with van der Waals surface area (Å²) in [5.41, 5.74) is 1.13. The van der Waals surface area contributed by atoms with Crippen LogP contribution in [0.25, 0.3) is 22.4 Å². The van der Waals surface area contributed by atoms with Crippen molar-refractivity contribution in [3.63, 3.8) is 0 Å². The van der Waals surface area contributed by atoms with Gasteiger partial charge in [-0.05, 0) is 44.5 Å². The molecule has 0 aliphatic heterocycles. The third-order valence-corrected chi connectivity index (χ3v) is 5.62. The molecule has 33 heavy (non-hydrogen) atoms. The average molecular weight is 466 g/mol. The first-order valence-corrected chi connectivity index (χ1v) is 11.1. The van der Waals surface area contributed by atoms with Crippen LogP contribution in [0.4, 0.5) is 0 Å². The van der Waals surface area contributed by atoms with Crippen molar-refractivity contribution in [1.82, 2.24) is 25.1 Å². The number of hydrogen-bond acceptors (Lipinski definition) is 6. The fourth-order valence-electron chi connectivity index (χ4n) is 3.57. The molecule has 2 aromatic heterocycles. The van der Waals surface area contributed by atoms with E-state index in [0.29, 0.717) is 58.4 Å². The standard InChI is InChI=1S/C24H24ClN5O3/c1-15(2)30(14-21-28-29-24(33-21)16-8-3-5-10-18(16)25)22(31)13-7-12-20-26-19-11-6-4-9-17(19)23(32)27-20/h3-6,8-11,15H,7,12-14H2,1-2H3,(H,26,27,32). The van der Waals surface area contributed by atoms with Gasteiger partial charge in [-0.2, -0.15) is 0 Å². The summed E-state index contributed by atoms with van der Waals surface area (Å²) in [6.07, 6.45) is 1.35. The summed E-state index contributed by atoms with van der Waals surface area (Å²) in [6.45, 7) is 4.08. The monoisotopic (exact) mass is 465 g/mol. The number of fused-ring (bicyclic) bond motifs is 1. The lowest BCUT2D eigenvalue weighted by atomic mass is 10.1. The van der Waals surface area contributed by atoms with E-state index in [9.17, 15) is 9.59 Å². The van der Waals surface area contributed by atoms with Gasteiger partial charge >= 0.3 is 0 Å². The number of nitrogens with zero attached hydrogens (tertiary/aromatic N) is 4. The van der Waals surface area contributed by atoms with Gasteiger partial charge in [-0.15, -0.1) is 10.2 Å². The van der Waals surface area contributed by atoms with Gasteiger partial charge in [0.1, 0.15) is 5.82 Å². The lowest BCUT2D eigenvalue weighted by Gasteiger charge is -2.25. The van der Waals surface area contributed by atoms with Gasteiger partial charge in [0.2, 0.25) is 17.7 Å². The number of halogens is 1. The van der Waals surface area contributed by atoms with Crippen LogP contribution in [0.2, 0.25) is 5.02 Å². The Morgan fingerprint density at radius 1 is 1.12 bits per heavy atom. The molecule has 4 rings (SSSR count). The lowest BCUT2D eigenvalue weighted by molar-refractivity contribution is -0.134. The minimum absolute atomic E-state index is 0.0365. The van der Waals surface area contributed by atoms with E-state index >= 15 is 0 Å². The minimum atomic E-state index is -0.170. The fourth-order valence-corrected chi connectivity index (χ4v) is 3.79. The summed E-state index contributed by atoms with van der Waals surface area (Å²) in [6, 6.07) is 14.4. The fraction of sp³-hybridized carbons (Fsp3) is 0.292. The molecular formula is C24H24ClN5O3. The zero-order chi connectivity index (χ0) is 23.4. The van der Waals surface area contributed by atoms with Gasteiger partial charge in [-0.3, -0.25) is 9.59 Å². The summed E-state index contributed by atoms with van der Waals surface area (Å²) in [7, 11) is 0. The molecule has 0 bridgehead atoms. The number of aryl methyl sites for hydroxylation is 1. The Kier molecular flexibility index (Phi) is 6.84. The largest absolute Gasteiger partial charge is 0.419 e. The average Bonchev–Trinajstić information content (AvgIpc) is 3.26. The molecule has 0 saturated carbocycles. The number of amides is 1. The van der Waals surface area contributed by atoms with Gasteiger partial charge in [0, 0.05) is 18.9 Å². The van der Waals surface area contributed by atoms with Crippen LogP contribution in [-0.2, 0) is 17.8 Å². The van der Waals surface area contributed by atoms with Crippen molar-refractivity contribution in [2.75, 3.05) is 0 Å². The van der Waals surface area contributed by atoms with E-state index in [-0.39, 0.29) is 24.1 Å². The lowest BCUT2D eigenvalue weighted by Crippen LogP contribution is -2.36. The van der Waals surface area contributed by atoms with Crippen LogP contribution in [0, 0.1) is 0 Å². The highest BCUT2D eigenvalue weighted by molar-refractivity contribution is 6.33. The van der Waals surface area contributed by atoms with Gasteiger partial charge in [0.25, 0.3) is 5.56 Å². The molecule has 0 atom stereocenters. The smallest absolute Gasteiger partial charge is 0.258 e. The van der Waals surface area contributed by atoms with E-state index in [0.717, 1.165) is 0 Å². The van der Waals surface area contributed by atoms with Crippen molar-refractivity contribution in [2.45, 2.75) is 45.7 Å². The molecule has 0 unspecified atom stereocenters. The molecule has 4 aromatic rings. The molecule has 1 amide bonds. The number of aromatic nitrogens is 4. The van der Waals surface area contributed by atoms with Crippen molar-refractivity contribution in [1.29, 1.82) is 0 Å². The molecule has 170 valence electrons. The van der Waals surface area contributed by atoms with Crippen LogP contribution in [0.1, 0.15) is 38.4 Å². The van der Waals surface area contributed by atoms with Crippen molar-refractivity contribution in [3.8, 4) is 11.5 Å². The van der Waals surface area contributed by atoms with E-state index in [1.165, 1.54) is 0 Å².